The van der Waals surface area contributed by atoms with E-state index in [1.807, 2.05) is 0 Å². The highest BCUT2D eigenvalue weighted by molar-refractivity contribution is 5.88. The predicted molar refractivity (Wildman–Crippen MR) is 47.3 cm³/mol. The summed E-state index contributed by atoms with van der Waals surface area (Å²) in [6, 6.07) is 0. The van der Waals surface area contributed by atoms with E-state index in [4.69, 9.17) is 10.5 Å². The van der Waals surface area contributed by atoms with Gasteiger partial charge in [0.1, 0.15) is 5.60 Å². The zero-order valence-electron chi connectivity index (χ0n) is 7.81. The fraction of sp³-hybridized carbons (Fsp3) is 0.667. The molecular weight excluding hydrogens is 154 g/mol. The van der Waals surface area contributed by atoms with Gasteiger partial charge in [0.15, 0.2) is 0 Å². The molecule has 0 atom stereocenters. The molecule has 0 fully saturated rings. The molecule has 0 saturated heterocycles. The summed E-state index contributed by atoms with van der Waals surface area (Å²) in [7, 11) is 0. The Morgan fingerprint density at radius 2 is 2.08 bits per heavy atom. The summed E-state index contributed by atoms with van der Waals surface area (Å²) in [5.41, 5.74) is 4.72. The van der Waals surface area contributed by atoms with Gasteiger partial charge in [0.25, 0.3) is 0 Å². The molecule has 0 saturated carbocycles. The van der Waals surface area contributed by atoms with Crippen molar-refractivity contribution in [2.75, 3.05) is 6.54 Å². The summed E-state index contributed by atoms with van der Waals surface area (Å²) >= 11 is 0. The minimum Gasteiger partial charge on any atom is -0.450 e. The average Bonchev–Trinajstić information content (AvgIpc) is 1.84. The summed E-state index contributed by atoms with van der Waals surface area (Å²) in [5.74, 6) is 4.47. The summed E-state index contributed by atoms with van der Waals surface area (Å²) < 4.78 is 4.93. The molecule has 0 amide bonds. The van der Waals surface area contributed by atoms with Crippen LogP contribution in [0, 0.1) is 11.8 Å². The Bertz CT molecular complexity index is 205. The van der Waals surface area contributed by atoms with Gasteiger partial charge in [-0.3, -0.25) is 0 Å². The maximum atomic E-state index is 10.9. The third kappa shape index (κ3) is 7.10. The molecule has 0 aromatic rings. The van der Waals surface area contributed by atoms with Gasteiger partial charge in [-0.15, -0.1) is 0 Å². The van der Waals surface area contributed by atoms with Crippen molar-refractivity contribution in [1.29, 1.82) is 0 Å². The Labute approximate surface area is 73.3 Å². The van der Waals surface area contributed by atoms with Gasteiger partial charge in [-0.1, -0.05) is 5.92 Å². The van der Waals surface area contributed by atoms with Crippen LogP contribution in [0.5, 0.6) is 0 Å². The third-order valence-electron chi connectivity index (χ3n) is 0.859. The predicted octanol–water partition coefficient (Wildman–Crippen LogP) is 0.680. The first kappa shape index (κ1) is 11.0. The molecule has 0 aromatic carbocycles. The topological polar surface area (TPSA) is 52.3 Å². The minimum atomic E-state index is -0.490. The van der Waals surface area contributed by atoms with E-state index in [-0.39, 0.29) is 0 Å². The zero-order valence-corrected chi connectivity index (χ0v) is 7.81. The first-order valence-electron chi connectivity index (χ1n) is 3.87. The molecule has 0 aliphatic heterocycles. The monoisotopic (exact) mass is 169 g/mol. The van der Waals surface area contributed by atoms with Crippen LogP contribution in [0.2, 0.25) is 0 Å². The molecule has 0 aliphatic rings. The Morgan fingerprint density at radius 1 is 1.50 bits per heavy atom. The average molecular weight is 169 g/mol. The number of carbonyl (C=O) groups excluding carboxylic acids is 1. The number of carbonyl (C=O) groups is 1. The number of nitrogens with two attached hydrogens (primary N) is 1. The lowest BCUT2D eigenvalue weighted by molar-refractivity contribution is -0.147. The molecule has 68 valence electrons. The second kappa shape index (κ2) is 4.78. The number of rotatable bonds is 1. The van der Waals surface area contributed by atoms with E-state index in [1.165, 1.54) is 0 Å². The van der Waals surface area contributed by atoms with E-state index >= 15 is 0 Å². The quantitative estimate of drug-likeness (QED) is 0.357. The van der Waals surface area contributed by atoms with E-state index in [0.717, 1.165) is 0 Å². The van der Waals surface area contributed by atoms with Crippen LogP contribution in [0.3, 0.4) is 0 Å². The molecule has 0 aromatic heterocycles. The molecule has 0 bridgehead atoms. The lowest BCUT2D eigenvalue weighted by atomic mass is 10.2. The minimum absolute atomic E-state index is 0.464. The molecule has 0 rings (SSSR count). The van der Waals surface area contributed by atoms with Crippen LogP contribution in [-0.2, 0) is 9.53 Å². The smallest absolute Gasteiger partial charge is 0.384 e. The van der Waals surface area contributed by atoms with Crippen molar-refractivity contribution in [3.63, 3.8) is 0 Å². The van der Waals surface area contributed by atoms with Gasteiger partial charge in [-0.05, 0) is 20.8 Å². The lowest BCUT2D eigenvalue weighted by Gasteiger charge is -2.16. The van der Waals surface area contributed by atoms with Crippen LogP contribution in [0.4, 0.5) is 0 Å². The van der Waals surface area contributed by atoms with Crippen LogP contribution in [-0.4, -0.2) is 18.1 Å². The zero-order chi connectivity index (χ0) is 9.61. The fourth-order valence-electron chi connectivity index (χ4n) is 0.510. The molecule has 3 heteroatoms. The van der Waals surface area contributed by atoms with Gasteiger partial charge < -0.3 is 10.5 Å². The normalized spacial score (nSPS) is 10.0. The van der Waals surface area contributed by atoms with Crippen LogP contribution in [0.25, 0.3) is 0 Å². The molecule has 0 aliphatic carbocycles. The van der Waals surface area contributed by atoms with Crippen LogP contribution >= 0.6 is 0 Å². The van der Waals surface area contributed by atoms with Crippen LogP contribution < -0.4 is 5.73 Å². The second-order valence-corrected chi connectivity index (χ2v) is 3.34. The Balaban J connectivity index is 3.85. The van der Waals surface area contributed by atoms with Gasteiger partial charge in [0.2, 0.25) is 0 Å². The standard InChI is InChI=1S/C9H15NO2/c1-9(2,3)12-8(11)6-4-5-7-10/h5,7,10H2,1-3H3. The second-order valence-electron chi connectivity index (χ2n) is 3.34. The Hall–Kier alpha value is -1.01. The van der Waals surface area contributed by atoms with Gasteiger partial charge in [0.05, 0.1) is 0 Å². The van der Waals surface area contributed by atoms with E-state index in [2.05, 4.69) is 11.8 Å². The van der Waals surface area contributed by atoms with Crippen molar-refractivity contribution >= 4 is 5.97 Å². The Kier molecular flexibility index (Phi) is 4.38. The molecule has 0 unspecified atom stereocenters. The van der Waals surface area contributed by atoms with Crippen LogP contribution in [0.1, 0.15) is 27.2 Å². The van der Waals surface area contributed by atoms with Crippen molar-refractivity contribution in [3.05, 3.63) is 0 Å². The van der Waals surface area contributed by atoms with Crippen LogP contribution in [0.15, 0.2) is 0 Å². The largest absolute Gasteiger partial charge is 0.450 e. The fourth-order valence-corrected chi connectivity index (χ4v) is 0.510. The van der Waals surface area contributed by atoms with Gasteiger partial charge in [-0.2, -0.15) is 0 Å². The molecule has 0 radical (unpaired) electrons. The highest BCUT2D eigenvalue weighted by Crippen LogP contribution is 2.05. The summed E-state index contributed by atoms with van der Waals surface area (Å²) in [6.07, 6.45) is 0.527. The maximum Gasteiger partial charge on any atom is 0.384 e. The molecule has 0 heterocycles. The Morgan fingerprint density at radius 3 is 2.50 bits per heavy atom. The van der Waals surface area contributed by atoms with Gasteiger partial charge in [0, 0.05) is 18.9 Å². The van der Waals surface area contributed by atoms with Gasteiger partial charge in [-0.25, -0.2) is 4.79 Å². The third-order valence-corrected chi connectivity index (χ3v) is 0.859. The van der Waals surface area contributed by atoms with E-state index in [9.17, 15) is 4.79 Å². The highest BCUT2D eigenvalue weighted by atomic mass is 16.6. The first-order chi connectivity index (χ1) is 5.45. The van der Waals surface area contributed by atoms with Gasteiger partial charge >= 0.3 is 5.97 Å². The van der Waals surface area contributed by atoms with Crippen molar-refractivity contribution in [1.82, 2.24) is 0 Å². The molecule has 2 N–H and O–H groups in total. The maximum absolute atomic E-state index is 10.9. The number of hydrogen-bond donors (Lipinski definition) is 1. The van der Waals surface area contributed by atoms with Crippen molar-refractivity contribution < 1.29 is 9.53 Å². The molecule has 0 spiro atoms. The summed E-state index contributed by atoms with van der Waals surface area (Å²) in [4.78, 5) is 10.9. The van der Waals surface area contributed by atoms with Crippen molar-refractivity contribution in [2.45, 2.75) is 32.8 Å². The number of esters is 1. The highest BCUT2D eigenvalue weighted by Gasteiger charge is 2.13. The van der Waals surface area contributed by atoms with E-state index in [0.29, 0.717) is 13.0 Å². The number of hydrogen-bond acceptors (Lipinski definition) is 3. The van der Waals surface area contributed by atoms with Crippen molar-refractivity contribution in [2.24, 2.45) is 5.73 Å². The SMILES string of the molecule is CC(C)(C)OC(=O)C#CCCN. The lowest BCUT2D eigenvalue weighted by Crippen LogP contribution is -2.22. The molecule has 3 nitrogen and oxygen atoms in total. The summed E-state index contributed by atoms with van der Waals surface area (Å²) in [5, 5.41) is 0. The molecular formula is C9H15NO2. The first-order valence-corrected chi connectivity index (χ1v) is 3.87. The number of ether oxygens (including phenoxy) is 1. The van der Waals surface area contributed by atoms with Crippen molar-refractivity contribution in [3.8, 4) is 11.8 Å². The van der Waals surface area contributed by atoms with E-state index in [1.54, 1.807) is 20.8 Å². The van der Waals surface area contributed by atoms with E-state index < -0.39 is 11.6 Å². The summed E-state index contributed by atoms with van der Waals surface area (Å²) in [6.45, 7) is 5.87. The molecule has 12 heavy (non-hydrogen) atoms.